The summed E-state index contributed by atoms with van der Waals surface area (Å²) in [5.41, 5.74) is 1.74. The van der Waals surface area contributed by atoms with Crippen molar-refractivity contribution >= 4 is 21.6 Å². The Morgan fingerprint density at radius 3 is 2.47 bits per heavy atom. The third kappa shape index (κ3) is 3.20. The number of aromatic hydroxyl groups is 1. The van der Waals surface area contributed by atoms with Gasteiger partial charge in [-0.05, 0) is 42.0 Å². The van der Waals surface area contributed by atoms with E-state index in [1.54, 1.807) is 6.07 Å². The lowest BCUT2D eigenvalue weighted by Crippen LogP contribution is -1.99. The fourth-order valence-electron chi connectivity index (χ4n) is 1.43. The number of nitrogens with one attached hydrogen (secondary N) is 1. The van der Waals surface area contributed by atoms with Gasteiger partial charge in [-0.2, -0.15) is 0 Å². The van der Waals surface area contributed by atoms with Gasteiger partial charge in [0.25, 0.3) is 0 Å². The molecule has 0 fully saturated rings. The predicted octanol–water partition coefficient (Wildman–Crippen LogP) is 3.91. The zero-order valence-corrected chi connectivity index (χ0v) is 10.5. The maximum Gasteiger partial charge on any atom is 0.165 e. The number of benzene rings is 2. The second-order valence-corrected chi connectivity index (χ2v) is 4.56. The Bertz CT molecular complexity index is 513. The minimum absolute atomic E-state index is 0.322. The third-order valence-corrected chi connectivity index (χ3v) is 2.88. The molecule has 0 radical (unpaired) electrons. The largest absolute Gasteiger partial charge is 0.505 e. The molecule has 0 aliphatic heterocycles. The minimum Gasteiger partial charge on any atom is -0.505 e. The van der Waals surface area contributed by atoms with Crippen LogP contribution < -0.4 is 5.32 Å². The average molecular weight is 296 g/mol. The molecular formula is C13H11BrFNO. The van der Waals surface area contributed by atoms with Crippen molar-refractivity contribution in [3.8, 4) is 5.75 Å². The predicted molar refractivity (Wildman–Crippen MR) is 69.5 cm³/mol. The van der Waals surface area contributed by atoms with Gasteiger partial charge < -0.3 is 10.4 Å². The average Bonchev–Trinajstić information content (AvgIpc) is 2.33. The van der Waals surface area contributed by atoms with Gasteiger partial charge in [0, 0.05) is 16.7 Å². The van der Waals surface area contributed by atoms with Gasteiger partial charge in [-0.1, -0.05) is 22.0 Å². The molecule has 0 aromatic heterocycles. The fraction of sp³-hybridized carbons (Fsp3) is 0.0769. The summed E-state index contributed by atoms with van der Waals surface area (Å²) >= 11 is 3.35. The molecule has 0 saturated carbocycles. The van der Waals surface area contributed by atoms with Gasteiger partial charge in [-0.3, -0.25) is 0 Å². The molecule has 2 rings (SSSR count). The Morgan fingerprint density at radius 2 is 1.82 bits per heavy atom. The maximum absolute atomic E-state index is 13.1. The first-order chi connectivity index (χ1) is 8.15. The Labute approximate surface area is 107 Å². The van der Waals surface area contributed by atoms with Crippen LogP contribution in [0.5, 0.6) is 5.75 Å². The molecule has 0 saturated heterocycles. The molecule has 0 aliphatic rings. The monoisotopic (exact) mass is 295 g/mol. The Balaban J connectivity index is 2.02. The smallest absolute Gasteiger partial charge is 0.165 e. The van der Waals surface area contributed by atoms with E-state index in [9.17, 15) is 4.39 Å². The van der Waals surface area contributed by atoms with Crippen LogP contribution in [0.15, 0.2) is 46.9 Å². The molecule has 2 nitrogen and oxygen atoms in total. The van der Waals surface area contributed by atoms with Crippen molar-refractivity contribution in [2.24, 2.45) is 0 Å². The second kappa shape index (κ2) is 5.19. The van der Waals surface area contributed by atoms with Crippen molar-refractivity contribution in [2.45, 2.75) is 6.54 Å². The first kappa shape index (κ1) is 11.9. The number of phenolic OH excluding ortho intramolecular Hbond substituents is 1. The molecule has 17 heavy (non-hydrogen) atoms. The molecule has 0 bridgehead atoms. The van der Waals surface area contributed by atoms with Crippen LogP contribution in [0.1, 0.15) is 5.56 Å². The number of hydrogen-bond donors (Lipinski definition) is 2. The summed E-state index contributed by atoms with van der Waals surface area (Å²) in [5.74, 6) is -0.919. The van der Waals surface area contributed by atoms with Gasteiger partial charge in [0.15, 0.2) is 11.6 Å². The normalized spacial score (nSPS) is 10.2. The molecule has 88 valence electrons. The molecule has 0 unspecified atom stereocenters. The van der Waals surface area contributed by atoms with E-state index in [-0.39, 0.29) is 5.75 Å². The van der Waals surface area contributed by atoms with Gasteiger partial charge in [0.05, 0.1) is 0 Å². The number of hydrogen-bond acceptors (Lipinski definition) is 2. The molecule has 2 N–H and O–H groups in total. The van der Waals surface area contributed by atoms with E-state index in [1.807, 2.05) is 24.3 Å². The van der Waals surface area contributed by atoms with Gasteiger partial charge in [-0.25, -0.2) is 4.39 Å². The van der Waals surface area contributed by atoms with E-state index in [1.165, 1.54) is 12.1 Å². The Kier molecular flexibility index (Phi) is 3.64. The van der Waals surface area contributed by atoms with Crippen molar-refractivity contribution in [2.75, 3.05) is 5.32 Å². The summed E-state index contributed by atoms with van der Waals surface area (Å²) in [5, 5.41) is 12.2. The molecule has 2 aromatic rings. The van der Waals surface area contributed by atoms with Crippen molar-refractivity contribution in [1.29, 1.82) is 0 Å². The molecule has 0 heterocycles. The summed E-state index contributed by atoms with van der Waals surface area (Å²) in [6.45, 7) is 0.513. The Hall–Kier alpha value is -1.55. The quantitative estimate of drug-likeness (QED) is 0.900. The topological polar surface area (TPSA) is 32.3 Å². The highest BCUT2D eigenvalue weighted by molar-refractivity contribution is 9.10. The third-order valence-electron chi connectivity index (χ3n) is 2.35. The van der Waals surface area contributed by atoms with Crippen LogP contribution in [-0.2, 0) is 6.54 Å². The lowest BCUT2D eigenvalue weighted by Gasteiger charge is -2.07. The highest BCUT2D eigenvalue weighted by atomic mass is 79.9. The molecule has 0 atom stereocenters. The van der Waals surface area contributed by atoms with Gasteiger partial charge in [0.1, 0.15) is 0 Å². The first-order valence-electron chi connectivity index (χ1n) is 5.12. The number of anilines is 1. The van der Waals surface area contributed by atoms with Crippen molar-refractivity contribution < 1.29 is 9.50 Å². The van der Waals surface area contributed by atoms with Crippen molar-refractivity contribution in [3.05, 3.63) is 58.3 Å². The highest BCUT2D eigenvalue weighted by Gasteiger charge is 2.01. The lowest BCUT2D eigenvalue weighted by molar-refractivity contribution is 0.432. The Morgan fingerprint density at radius 1 is 1.12 bits per heavy atom. The number of rotatable bonds is 3. The minimum atomic E-state index is -0.597. The van der Waals surface area contributed by atoms with Gasteiger partial charge >= 0.3 is 0 Å². The van der Waals surface area contributed by atoms with Crippen LogP contribution in [-0.4, -0.2) is 5.11 Å². The molecule has 0 amide bonds. The summed E-state index contributed by atoms with van der Waals surface area (Å²) in [6.07, 6.45) is 0. The number of halogens is 2. The van der Waals surface area contributed by atoms with E-state index < -0.39 is 5.82 Å². The number of phenols is 1. The van der Waals surface area contributed by atoms with Crippen LogP contribution in [0.4, 0.5) is 10.1 Å². The molecule has 4 heteroatoms. The van der Waals surface area contributed by atoms with E-state index in [2.05, 4.69) is 21.2 Å². The van der Waals surface area contributed by atoms with Crippen LogP contribution in [0.3, 0.4) is 0 Å². The highest BCUT2D eigenvalue weighted by Crippen LogP contribution is 2.18. The summed E-state index contributed by atoms with van der Waals surface area (Å²) in [7, 11) is 0. The SMILES string of the molecule is Oc1ccc(CNc2ccc(Br)cc2)cc1F. The standard InChI is InChI=1S/C13H11BrFNO/c14-10-2-4-11(5-3-10)16-8-9-1-6-13(17)12(15)7-9/h1-7,16-17H,8H2. The molecule has 0 spiro atoms. The van der Waals surface area contributed by atoms with Crippen LogP contribution in [0.2, 0.25) is 0 Å². The fourth-order valence-corrected chi connectivity index (χ4v) is 1.70. The zero-order valence-electron chi connectivity index (χ0n) is 8.95. The van der Waals surface area contributed by atoms with E-state index in [0.29, 0.717) is 6.54 Å². The van der Waals surface area contributed by atoms with Gasteiger partial charge in [-0.15, -0.1) is 0 Å². The summed E-state index contributed by atoms with van der Waals surface area (Å²) in [6, 6.07) is 12.1. The van der Waals surface area contributed by atoms with Crippen molar-refractivity contribution in [1.82, 2.24) is 0 Å². The van der Waals surface area contributed by atoms with Crippen molar-refractivity contribution in [3.63, 3.8) is 0 Å². The van der Waals surface area contributed by atoms with Crippen LogP contribution >= 0.6 is 15.9 Å². The summed E-state index contributed by atoms with van der Waals surface area (Å²) in [4.78, 5) is 0. The second-order valence-electron chi connectivity index (χ2n) is 3.65. The zero-order chi connectivity index (χ0) is 12.3. The molecular weight excluding hydrogens is 285 g/mol. The van der Waals surface area contributed by atoms with Crippen LogP contribution in [0, 0.1) is 5.82 Å². The van der Waals surface area contributed by atoms with Crippen LogP contribution in [0.25, 0.3) is 0 Å². The van der Waals surface area contributed by atoms with Gasteiger partial charge in [0.2, 0.25) is 0 Å². The van der Waals surface area contributed by atoms with E-state index in [4.69, 9.17) is 5.11 Å². The maximum atomic E-state index is 13.1. The first-order valence-corrected chi connectivity index (χ1v) is 5.91. The lowest BCUT2D eigenvalue weighted by atomic mass is 10.2. The van der Waals surface area contributed by atoms with E-state index >= 15 is 0 Å². The summed E-state index contributed by atoms with van der Waals surface area (Å²) < 4.78 is 14.1. The van der Waals surface area contributed by atoms with E-state index in [0.717, 1.165) is 15.7 Å². The molecule has 0 aliphatic carbocycles. The molecule has 2 aromatic carbocycles.